The number of nitrogen functional groups attached to an aromatic ring is 1. The van der Waals surface area contributed by atoms with E-state index in [4.69, 9.17) is 10.2 Å². The number of hydrogen-bond acceptors (Lipinski definition) is 6. The molecule has 0 spiro atoms. The van der Waals surface area contributed by atoms with Crippen LogP contribution in [0.5, 0.6) is 0 Å². The first-order chi connectivity index (χ1) is 15.6. The maximum atomic E-state index is 13.1. The fourth-order valence-corrected chi connectivity index (χ4v) is 3.34. The highest BCUT2D eigenvalue weighted by atomic mass is 19.1. The van der Waals surface area contributed by atoms with Crippen LogP contribution in [0.3, 0.4) is 0 Å². The highest BCUT2D eigenvalue weighted by Crippen LogP contribution is 2.28. The molecule has 3 N–H and O–H groups in total. The molecule has 0 unspecified atom stereocenters. The van der Waals surface area contributed by atoms with Gasteiger partial charge in [-0.2, -0.15) is 9.78 Å². The van der Waals surface area contributed by atoms with Crippen molar-refractivity contribution in [3.05, 3.63) is 89.6 Å². The van der Waals surface area contributed by atoms with Crippen molar-refractivity contribution in [1.29, 1.82) is 0 Å². The molecule has 0 atom stereocenters. The summed E-state index contributed by atoms with van der Waals surface area (Å²) in [6.07, 6.45) is 3.01. The molecule has 3 heterocycles. The van der Waals surface area contributed by atoms with E-state index < -0.39 is 5.91 Å². The fraction of sp³-hybridized carbons (Fsp3) is 0.0435. The van der Waals surface area contributed by atoms with Crippen LogP contribution >= 0.6 is 0 Å². The summed E-state index contributed by atoms with van der Waals surface area (Å²) < 4.78 is 19.8. The van der Waals surface area contributed by atoms with Gasteiger partial charge in [-0.25, -0.2) is 14.4 Å². The van der Waals surface area contributed by atoms with Gasteiger partial charge in [0, 0.05) is 6.54 Å². The Morgan fingerprint density at radius 2 is 1.84 bits per heavy atom. The molecule has 1 amide bonds. The molecule has 0 saturated heterocycles. The smallest absolute Gasteiger partial charge is 0.257 e. The number of carbonyl (C=O) groups excluding carboxylic acids is 1. The van der Waals surface area contributed by atoms with Gasteiger partial charge in [0.25, 0.3) is 5.91 Å². The lowest BCUT2D eigenvalue weighted by atomic mass is 10.2. The van der Waals surface area contributed by atoms with Gasteiger partial charge in [0.1, 0.15) is 28.5 Å². The molecule has 0 aliphatic carbocycles. The molecular weight excluding hydrogens is 411 g/mol. The Balaban J connectivity index is 1.58. The Morgan fingerprint density at radius 1 is 1.09 bits per heavy atom. The zero-order valence-electron chi connectivity index (χ0n) is 16.7. The van der Waals surface area contributed by atoms with Gasteiger partial charge in [-0.05, 0) is 42.0 Å². The average Bonchev–Trinajstić information content (AvgIpc) is 3.41. The average molecular weight is 428 g/mol. The van der Waals surface area contributed by atoms with Crippen LogP contribution in [0, 0.1) is 5.82 Å². The minimum Gasteiger partial charge on any atom is -0.463 e. The van der Waals surface area contributed by atoms with Gasteiger partial charge >= 0.3 is 0 Å². The lowest BCUT2D eigenvalue weighted by Gasteiger charge is -2.05. The second-order valence-electron chi connectivity index (χ2n) is 7.03. The molecule has 8 nitrogen and oxygen atoms in total. The number of para-hydroxylation sites is 2. The van der Waals surface area contributed by atoms with Crippen LogP contribution in [0.2, 0.25) is 0 Å². The predicted molar refractivity (Wildman–Crippen MR) is 119 cm³/mol. The maximum absolute atomic E-state index is 13.1. The van der Waals surface area contributed by atoms with Crippen molar-refractivity contribution in [2.45, 2.75) is 6.54 Å². The minimum absolute atomic E-state index is 0.0923. The number of nitrogens with one attached hydrogen (secondary N) is 1. The van der Waals surface area contributed by atoms with Gasteiger partial charge in [-0.3, -0.25) is 4.79 Å². The van der Waals surface area contributed by atoms with Crippen molar-refractivity contribution in [3.63, 3.8) is 0 Å². The van der Waals surface area contributed by atoms with E-state index in [2.05, 4.69) is 20.4 Å². The normalized spacial score (nSPS) is 11.5. The van der Waals surface area contributed by atoms with Crippen LogP contribution in [-0.4, -0.2) is 26.8 Å². The van der Waals surface area contributed by atoms with Crippen molar-refractivity contribution in [2.24, 2.45) is 5.10 Å². The number of amides is 1. The molecule has 9 heteroatoms. The van der Waals surface area contributed by atoms with Crippen LogP contribution in [-0.2, 0) is 6.54 Å². The molecule has 0 aliphatic rings. The van der Waals surface area contributed by atoms with Crippen molar-refractivity contribution < 1.29 is 13.6 Å². The molecule has 5 rings (SSSR count). The first kappa shape index (κ1) is 19.4. The van der Waals surface area contributed by atoms with Crippen molar-refractivity contribution in [1.82, 2.24) is 20.0 Å². The Hall–Kier alpha value is -4.53. The predicted octanol–water partition coefficient (Wildman–Crippen LogP) is 3.71. The number of nitrogens with two attached hydrogens (primary N) is 1. The third-order valence-electron chi connectivity index (χ3n) is 4.91. The summed E-state index contributed by atoms with van der Waals surface area (Å²) in [5, 5.41) is 7.17. The first-order valence-corrected chi connectivity index (χ1v) is 9.77. The number of carbonyl (C=O) groups is 1. The number of anilines is 1. The lowest BCUT2D eigenvalue weighted by molar-refractivity contribution is 0.0953. The number of furan rings is 1. The van der Waals surface area contributed by atoms with Crippen LogP contribution in [0.15, 0.2) is 76.4 Å². The van der Waals surface area contributed by atoms with Gasteiger partial charge < -0.3 is 15.5 Å². The number of nitrogens with zero attached hydrogens (tertiary/aromatic N) is 4. The van der Waals surface area contributed by atoms with E-state index in [0.29, 0.717) is 28.0 Å². The molecule has 2 aromatic carbocycles. The Labute approximate surface area is 181 Å². The number of benzene rings is 2. The second-order valence-corrected chi connectivity index (χ2v) is 7.03. The molecule has 0 radical (unpaired) electrons. The lowest BCUT2D eigenvalue weighted by Crippen LogP contribution is -2.23. The molecule has 0 aliphatic heterocycles. The largest absolute Gasteiger partial charge is 0.463 e. The Bertz CT molecular complexity index is 1460. The summed E-state index contributed by atoms with van der Waals surface area (Å²) in [6.45, 7) is 0.196. The third kappa shape index (κ3) is 3.56. The summed E-state index contributed by atoms with van der Waals surface area (Å²) in [5.74, 6) is -0.172. The third-order valence-corrected chi connectivity index (χ3v) is 4.91. The Kier molecular flexibility index (Phi) is 4.83. The zero-order valence-corrected chi connectivity index (χ0v) is 16.7. The van der Waals surface area contributed by atoms with E-state index in [-0.39, 0.29) is 23.7 Å². The SMILES string of the molecule is Nc1c(C(=O)NCc2ccc(F)cc2)c2nc3ccccc3nc2n1N=Cc1ccco1. The summed E-state index contributed by atoms with van der Waals surface area (Å²) in [6, 6.07) is 16.7. The number of hydrogen-bond donors (Lipinski definition) is 2. The molecule has 0 bridgehead atoms. The highest BCUT2D eigenvalue weighted by molar-refractivity contribution is 6.10. The minimum atomic E-state index is -0.437. The highest BCUT2D eigenvalue weighted by Gasteiger charge is 2.24. The van der Waals surface area contributed by atoms with Gasteiger partial charge in [-0.1, -0.05) is 24.3 Å². The van der Waals surface area contributed by atoms with Crippen molar-refractivity contribution in [2.75, 3.05) is 5.73 Å². The van der Waals surface area contributed by atoms with E-state index in [9.17, 15) is 9.18 Å². The maximum Gasteiger partial charge on any atom is 0.257 e. The number of rotatable bonds is 5. The molecule has 3 aromatic heterocycles. The molecule has 158 valence electrons. The molecule has 0 fully saturated rings. The van der Waals surface area contributed by atoms with Gasteiger partial charge in [0.05, 0.1) is 23.5 Å². The second kappa shape index (κ2) is 7.95. The molecule has 32 heavy (non-hydrogen) atoms. The van der Waals surface area contributed by atoms with Crippen molar-refractivity contribution >= 4 is 40.1 Å². The summed E-state index contributed by atoms with van der Waals surface area (Å²) in [7, 11) is 0. The summed E-state index contributed by atoms with van der Waals surface area (Å²) in [5.41, 5.74) is 9.18. The standard InChI is InChI=1S/C23H17FN6O2/c24-15-9-7-14(8-10-15)12-26-23(31)19-20-22(29-18-6-2-1-5-17(18)28-20)30(21(19)25)27-13-16-4-3-11-32-16/h1-11,13H,12,25H2,(H,26,31). The van der Waals surface area contributed by atoms with Crippen LogP contribution in [0.25, 0.3) is 22.2 Å². The van der Waals surface area contributed by atoms with E-state index in [1.807, 2.05) is 24.3 Å². The number of halogens is 1. The van der Waals surface area contributed by atoms with Crippen LogP contribution in [0.1, 0.15) is 21.7 Å². The quantitative estimate of drug-likeness (QED) is 0.415. The summed E-state index contributed by atoms with van der Waals surface area (Å²) >= 11 is 0. The number of fused-ring (bicyclic) bond motifs is 2. The monoisotopic (exact) mass is 428 g/mol. The zero-order chi connectivity index (χ0) is 22.1. The molecular formula is C23H17FN6O2. The topological polar surface area (TPSA) is 111 Å². The molecule has 0 saturated carbocycles. The van der Waals surface area contributed by atoms with Crippen LogP contribution in [0.4, 0.5) is 10.2 Å². The van der Waals surface area contributed by atoms with E-state index in [0.717, 1.165) is 5.56 Å². The first-order valence-electron chi connectivity index (χ1n) is 9.77. The number of aromatic nitrogens is 3. The van der Waals surface area contributed by atoms with E-state index in [1.54, 1.807) is 24.3 Å². The van der Waals surface area contributed by atoms with Gasteiger partial charge in [-0.15, -0.1) is 0 Å². The van der Waals surface area contributed by atoms with Gasteiger partial charge in [0.15, 0.2) is 5.65 Å². The van der Waals surface area contributed by atoms with E-state index >= 15 is 0 Å². The summed E-state index contributed by atoms with van der Waals surface area (Å²) in [4.78, 5) is 22.3. The molecule has 5 aromatic rings. The van der Waals surface area contributed by atoms with Crippen LogP contribution < -0.4 is 11.1 Å². The fourth-order valence-electron chi connectivity index (χ4n) is 3.34. The van der Waals surface area contributed by atoms with Gasteiger partial charge in [0.2, 0.25) is 0 Å². The Morgan fingerprint density at radius 3 is 2.56 bits per heavy atom. The van der Waals surface area contributed by atoms with Crippen molar-refractivity contribution in [3.8, 4) is 0 Å². The van der Waals surface area contributed by atoms with E-state index in [1.165, 1.54) is 29.3 Å².